The van der Waals surface area contributed by atoms with Crippen LogP contribution in [0, 0.1) is 0 Å². The normalized spacial score (nSPS) is 13.4. The lowest BCUT2D eigenvalue weighted by Crippen LogP contribution is -2.30. The molecular formula is C65H104O5. The van der Waals surface area contributed by atoms with Gasteiger partial charge in [-0.15, -0.1) is 0 Å². The van der Waals surface area contributed by atoms with Crippen LogP contribution in [0.2, 0.25) is 0 Å². The number of esters is 2. The molecular weight excluding hydrogens is 861 g/mol. The maximum absolute atomic E-state index is 12.9. The third-order valence-corrected chi connectivity index (χ3v) is 11.4. The molecule has 0 aliphatic heterocycles. The zero-order chi connectivity index (χ0) is 50.6. The largest absolute Gasteiger partial charge is 0.462 e. The van der Waals surface area contributed by atoms with Crippen molar-refractivity contribution in [2.75, 3.05) is 19.8 Å². The lowest BCUT2D eigenvalue weighted by Gasteiger charge is -2.18. The Bertz CT molecular complexity index is 1510. The summed E-state index contributed by atoms with van der Waals surface area (Å²) in [4.78, 5) is 25.5. The average molecular weight is 966 g/mol. The van der Waals surface area contributed by atoms with E-state index in [9.17, 15) is 9.59 Å². The molecule has 1 unspecified atom stereocenters. The molecule has 5 nitrogen and oxygen atoms in total. The number of carbonyl (C=O) groups excluding carboxylic acids is 2. The van der Waals surface area contributed by atoms with Gasteiger partial charge in [-0.2, -0.15) is 0 Å². The van der Waals surface area contributed by atoms with E-state index in [1.165, 1.54) is 70.6 Å². The lowest BCUT2D eigenvalue weighted by atomic mass is 10.1. The summed E-state index contributed by atoms with van der Waals surface area (Å²) in [6.07, 6.45) is 86.0. The average Bonchev–Trinajstić information content (AvgIpc) is 3.36. The summed E-state index contributed by atoms with van der Waals surface area (Å²) >= 11 is 0. The topological polar surface area (TPSA) is 61.8 Å². The van der Waals surface area contributed by atoms with Crippen LogP contribution < -0.4 is 0 Å². The van der Waals surface area contributed by atoms with Gasteiger partial charge in [-0.05, 0) is 128 Å². The van der Waals surface area contributed by atoms with Crippen LogP contribution in [0.3, 0.4) is 0 Å². The molecule has 0 heterocycles. The summed E-state index contributed by atoms with van der Waals surface area (Å²) in [6, 6.07) is 0. The smallest absolute Gasteiger partial charge is 0.306 e. The van der Waals surface area contributed by atoms with Gasteiger partial charge in [0.15, 0.2) is 6.10 Å². The maximum Gasteiger partial charge on any atom is 0.306 e. The highest BCUT2D eigenvalue weighted by molar-refractivity contribution is 5.70. The van der Waals surface area contributed by atoms with E-state index in [1.807, 2.05) is 0 Å². The van der Waals surface area contributed by atoms with Crippen molar-refractivity contribution in [1.29, 1.82) is 0 Å². The molecule has 0 saturated carbocycles. The molecule has 0 aromatic rings. The summed E-state index contributed by atoms with van der Waals surface area (Å²) in [5, 5.41) is 0. The van der Waals surface area contributed by atoms with Crippen molar-refractivity contribution in [3.05, 3.63) is 146 Å². The van der Waals surface area contributed by atoms with Gasteiger partial charge in [0.25, 0.3) is 0 Å². The van der Waals surface area contributed by atoms with Crippen molar-refractivity contribution in [2.45, 2.75) is 232 Å². The Kier molecular flexibility index (Phi) is 55.5. The second-order valence-corrected chi connectivity index (χ2v) is 18.1. The van der Waals surface area contributed by atoms with Crippen molar-refractivity contribution in [3.63, 3.8) is 0 Å². The fourth-order valence-corrected chi connectivity index (χ4v) is 7.22. The minimum atomic E-state index is -0.604. The van der Waals surface area contributed by atoms with Crippen LogP contribution in [0.15, 0.2) is 146 Å². The molecule has 0 bridgehead atoms. The second-order valence-electron chi connectivity index (χ2n) is 18.1. The molecule has 0 amide bonds. The van der Waals surface area contributed by atoms with Gasteiger partial charge < -0.3 is 14.2 Å². The monoisotopic (exact) mass is 965 g/mol. The molecule has 0 aliphatic carbocycles. The number of unbranched alkanes of at least 4 members (excludes halogenated alkanes) is 15. The van der Waals surface area contributed by atoms with Gasteiger partial charge in [-0.1, -0.05) is 231 Å². The Balaban J connectivity index is 4.47. The van der Waals surface area contributed by atoms with E-state index in [0.29, 0.717) is 19.4 Å². The van der Waals surface area contributed by atoms with Gasteiger partial charge in [0.1, 0.15) is 6.61 Å². The van der Waals surface area contributed by atoms with Gasteiger partial charge in [0, 0.05) is 12.8 Å². The van der Waals surface area contributed by atoms with E-state index in [2.05, 4.69) is 167 Å². The molecule has 0 aliphatic rings. The Labute approximate surface area is 431 Å². The van der Waals surface area contributed by atoms with E-state index >= 15 is 0 Å². The fraction of sp³-hybridized carbons (Fsp3) is 0.600. The fourth-order valence-electron chi connectivity index (χ4n) is 7.22. The van der Waals surface area contributed by atoms with Gasteiger partial charge in [0.05, 0.1) is 13.2 Å². The molecule has 0 N–H and O–H groups in total. The van der Waals surface area contributed by atoms with E-state index < -0.39 is 6.10 Å². The molecule has 0 aromatic heterocycles. The van der Waals surface area contributed by atoms with Gasteiger partial charge in [0.2, 0.25) is 0 Å². The van der Waals surface area contributed by atoms with Crippen LogP contribution in [0.25, 0.3) is 0 Å². The van der Waals surface area contributed by atoms with Crippen LogP contribution in [0.1, 0.15) is 226 Å². The Hall–Kier alpha value is -4.22. The summed E-state index contributed by atoms with van der Waals surface area (Å²) in [5.74, 6) is -0.488. The first kappa shape index (κ1) is 65.8. The SMILES string of the molecule is CC/C=C\C/C=C\C/C=C\C/C=C\C/C=C\CCCCCC(=O)OCC(COCC/C=C\C/C=C\C/C=C\C/C=C\C/C=C\CC)OC(=O)CCCCCCCCCCC/C=C\C/C=C\CCCCC. The molecule has 5 heteroatoms. The first-order chi connectivity index (χ1) is 34.6. The highest BCUT2D eigenvalue weighted by Crippen LogP contribution is 2.13. The van der Waals surface area contributed by atoms with E-state index in [4.69, 9.17) is 14.2 Å². The summed E-state index contributed by atoms with van der Waals surface area (Å²) in [5.41, 5.74) is 0. The highest BCUT2D eigenvalue weighted by Gasteiger charge is 2.17. The standard InChI is InChI=1S/C65H104O5/c1-4-7-10-13-16-19-22-25-28-31-33-35-37-40-43-46-49-52-55-58-64(66)69-62-63(61-68-60-57-54-51-48-45-42-39-30-27-24-21-18-15-12-9-6-3)70-65(67)59-56-53-50-47-44-41-38-36-34-32-29-26-23-20-17-14-11-8-5-2/h7,9-10,12,16-21,25-30,33,35,40,42-43,45,51,54,63H,4-6,8,11,13-15,22-24,31-32,34,36-39,41,44,46-50,52-53,55-62H2,1-3H3/b10-7-,12-9-,19-16-,20-17-,21-18-,28-25-,29-26-,30-27-,35-33-,43-40-,45-42-,54-51-. The molecule has 394 valence electrons. The van der Waals surface area contributed by atoms with Gasteiger partial charge >= 0.3 is 11.9 Å². The maximum atomic E-state index is 12.9. The highest BCUT2D eigenvalue weighted by atomic mass is 16.6. The first-order valence-corrected chi connectivity index (χ1v) is 28.4. The van der Waals surface area contributed by atoms with Crippen molar-refractivity contribution >= 4 is 11.9 Å². The van der Waals surface area contributed by atoms with Crippen LogP contribution >= 0.6 is 0 Å². The number of carbonyl (C=O) groups is 2. The lowest BCUT2D eigenvalue weighted by molar-refractivity contribution is -0.162. The number of rotatable bonds is 50. The van der Waals surface area contributed by atoms with Gasteiger partial charge in [-0.3, -0.25) is 9.59 Å². The summed E-state index contributed by atoms with van der Waals surface area (Å²) in [7, 11) is 0. The number of hydrogen-bond acceptors (Lipinski definition) is 5. The molecule has 0 rings (SSSR count). The quantitative estimate of drug-likeness (QED) is 0.0345. The number of ether oxygens (including phenoxy) is 3. The molecule has 0 spiro atoms. The van der Waals surface area contributed by atoms with Crippen LogP contribution in [-0.4, -0.2) is 37.9 Å². The van der Waals surface area contributed by atoms with E-state index in [0.717, 1.165) is 122 Å². The minimum Gasteiger partial charge on any atom is -0.462 e. The Morgan fingerprint density at radius 2 is 0.643 bits per heavy atom. The van der Waals surface area contributed by atoms with Crippen molar-refractivity contribution in [3.8, 4) is 0 Å². The Morgan fingerprint density at radius 1 is 0.329 bits per heavy atom. The molecule has 0 radical (unpaired) electrons. The summed E-state index contributed by atoms with van der Waals surface area (Å²) < 4.78 is 17.3. The van der Waals surface area contributed by atoms with Crippen LogP contribution in [0.5, 0.6) is 0 Å². The van der Waals surface area contributed by atoms with Gasteiger partial charge in [-0.25, -0.2) is 0 Å². The first-order valence-electron chi connectivity index (χ1n) is 28.4. The van der Waals surface area contributed by atoms with E-state index in [1.54, 1.807) is 0 Å². The third kappa shape index (κ3) is 56.4. The molecule has 70 heavy (non-hydrogen) atoms. The molecule has 0 saturated heterocycles. The number of hydrogen-bond donors (Lipinski definition) is 0. The Morgan fingerprint density at radius 3 is 1.04 bits per heavy atom. The molecule has 0 fully saturated rings. The van der Waals surface area contributed by atoms with Crippen molar-refractivity contribution < 1.29 is 23.8 Å². The second kappa shape index (κ2) is 59.1. The van der Waals surface area contributed by atoms with Crippen molar-refractivity contribution in [1.82, 2.24) is 0 Å². The zero-order valence-electron chi connectivity index (χ0n) is 45.2. The third-order valence-electron chi connectivity index (χ3n) is 11.4. The molecule has 1 atom stereocenters. The predicted octanol–water partition coefficient (Wildman–Crippen LogP) is 19.7. The zero-order valence-corrected chi connectivity index (χ0v) is 45.2. The van der Waals surface area contributed by atoms with Crippen molar-refractivity contribution in [2.24, 2.45) is 0 Å². The van der Waals surface area contributed by atoms with E-state index in [-0.39, 0.29) is 25.2 Å². The van der Waals surface area contributed by atoms with Crippen LogP contribution in [-0.2, 0) is 23.8 Å². The summed E-state index contributed by atoms with van der Waals surface area (Å²) in [6.45, 7) is 7.32. The molecule has 0 aromatic carbocycles. The van der Waals surface area contributed by atoms with Crippen LogP contribution in [0.4, 0.5) is 0 Å². The minimum absolute atomic E-state index is 0.0269. The predicted molar refractivity (Wildman–Crippen MR) is 306 cm³/mol. The number of allylic oxidation sites excluding steroid dienone is 23.